The van der Waals surface area contributed by atoms with Gasteiger partial charge in [0.25, 0.3) is 5.91 Å². The molecule has 5 heteroatoms. The van der Waals surface area contributed by atoms with Gasteiger partial charge < -0.3 is 14.4 Å². The highest BCUT2D eigenvalue weighted by Gasteiger charge is 2.20. The number of hydrogen-bond acceptors (Lipinski definition) is 4. The van der Waals surface area contributed by atoms with Crippen molar-refractivity contribution in [3.05, 3.63) is 77.4 Å². The molecule has 0 saturated carbocycles. The van der Waals surface area contributed by atoms with Crippen molar-refractivity contribution in [2.75, 3.05) is 14.1 Å². The number of ether oxygens (including phenoxy) is 2. The first-order chi connectivity index (χ1) is 15.7. The van der Waals surface area contributed by atoms with E-state index in [0.717, 1.165) is 16.9 Å². The van der Waals surface area contributed by atoms with Gasteiger partial charge in [0.2, 0.25) is 0 Å². The van der Waals surface area contributed by atoms with E-state index >= 15 is 0 Å². The quantitative estimate of drug-likeness (QED) is 0.259. The highest BCUT2D eigenvalue weighted by molar-refractivity contribution is 6.07. The van der Waals surface area contributed by atoms with Gasteiger partial charge in [0.05, 0.1) is 0 Å². The minimum Gasteiger partial charge on any atom is -0.488 e. The van der Waals surface area contributed by atoms with Gasteiger partial charge in [0.15, 0.2) is 5.78 Å². The van der Waals surface area contributed by atoms with Gasteiger partial charge in [-0.2, -0.15) is 0 Å². The zero-order valence-electron chi connectivity index (χ0n) is 21.7. The number of hydrogen-bond donors (Lipinski definition) is 0. The number of carbonyl (C=O) groups is 2. The van der Waals surface area contributed by atoms with E-state index < -0.39 is 5.60 Å². The zero-order valence-corrected chi connectivity index (χ0v) is 21.7. The Bertz CT molecular complexity index is 1070. The van der Waals surface area contributed by atoms with Crippen LogP contribution in [0, 0.1) is 0 Å². The Kier molecular flexibility index (Phi) is 8.49. The van der Waals surface area contributed by atoms with Gasteiger partial charge in [-0.05, 0) is 83.9 Å². The molecule has 0 aromatic heterocycles. The number of ketones is 1. The van der Waals surface area contributed by atoms with Gasteiger partial charge >= 0.3 is 0 Å². The Hall–Kier alpha value is -3.34. The molecule has 2 aromatic carbocycles. The average molecular weight is 464 g/mol. The van der Waals surface area contributed by atoms with Crippen LogP contribution in [-0.4, -0.2) is 41.9 Å². The van der Waals surface area contributed by atoms with E-state index in [4.69, 9.17) is 9.47 Å². The molecule has 0 unspecified atom stereocenters. The first-order valence-electron chi connectivity index (χ1n) is 11.4. The van der Waals surface area contributed by atoms with E-state index in [1.54, 1.807) is 44.4 Å². The second kappa shape index (κ2) is 10.7. The molecule has 182 valence electrons. The summed E-state index contributed by atoms with van der Waals surface area (Å²) in [5.74, 6) is 1.10. The highest BCUT2D eigenvalue weighted by Crippen LogP contribution is 2.35. The van der Waals surface area contributed by atoms with Crippen molar-refractivity contribution in [2.24, 2.45) is 0 Å². The van der Waals surface area contributed by atoms with Crippen LogP contribution < -0.4 is 9.47 Å². The zero-order chi connectivity index (χ0) is 25.7. The summed E-state index contributed by atoms with van der Waals surface area (Å²) >= 11 is 0. The Balaban J connectivity index is 2.43. The van der Waals surface area contributed by atoms with Crippen LogP contribution in [0.5, 0.6) is 11.5 Å². The maximum atomic E-state index is 12.8. The Morgan fingerprint density at radius 3 is 1.91 bits per heavy atom. The molecular weight excluding hydrogens is 426 g/mol. The number of amides is 1. The van der Waals surface area contributed by atoms with E-state index in [2.05, 4.69) is 6.58 Å². The lowest BCUT2D eigenvalue weighted by Gasteiger charge is -2.27. The van der Waals surface area contributed by atoms with E-state index in [1.807, 2.05) is 59.8 Å². The lowest BCUT2D eigenvalue weighted by molar-refractivity contribution is 0.0827. The summed E-state index contributed by atoms with van der Waals surface area (Å²) in [5, 5.41) is 0. The molecule has 0 aliphatic carbocycles. The molecule has 0 radical (unpaired) electrons. The second-order valence-corrected chi connectivity index (χ2v) is 10.4. The molecule has 0 heterocycles. The predicted octanol–water partition coefficient (Wildman–Crippen LogP) is 6.37. The van der Waals surface area contributed by atoms with Crippen LogP contribution in [0.25, 0.3) is 6.08 Å². The van der Waals surface area contributed by atoms with E-state index in [9.17, 15) is 9.59 Å². The van der Waals surface area contributed by atoms with Crippen LogP contribution in [0.15, 0.2) is 55.1 Å². The minimum absolute atomic E-state index is 0.106. The molecule has 1 amide bonds. The molecule has 0 atom stereocenters. The van der Waals surface area contributed by atoms with E-state index in [0.29, 0.717) is 23.3 Å². The molecule has 0 bridgehead atoms. The molecule has 0 spiro atoms. The molecular formula is C29H37NO4. The molecule has 5 nitrogen and oxygen atoms in total. The smallest absolute Gasteiger partial charge is 0.253 e. The fourth-order valence-electron chi connectivity index (χ4n) is 3.21. The third kappa shape index (κ3) is 7.91. The minimum atomic E-state index is -0.430. The van der Waals surface area contributed by atoms with E-state index in [1.165, 1.54) is 11.0 Å². The highest BCUT2D eigenvalue weighted by atomic mass is 16.5. The first-order valence-corrected chi connectivity index (χ1v) is 11.4. The maximum Gasteiger partial charge on any atom is 0.253 e. The molecule has 0 saturated heterocycles. The van der Waals surface area contributed by atoms with Gasteiger partial charge in [-0.15, -0.1) is 6.58 Å². The summed E-state index contributed by atoms with van der Waals surface area (Å²) < 4.78 is 12.4. The van der Waals surface area contributed by atoms with Crippen LogP contribution in [0.4, 0.5) is 0 Å². The summed E-state index contributed by atoms with van der Waals surface area (Å²) in [6.07, 6.45) is 5.73. The van der Waals surface area contributed by atoms with Crippen molar-refractivity contribution < 1.29 is 19.1 Å². The SMILES string of the molecule is C=CCc1cc(C=CC(=O)c2ccc(C(=O)N(C)C)cc2)c(OC(C)(C)C)cc1OC(C)(C)C. The first kappa shape index (κ1) is 26.9. The van der Waals surface area contributed by atoms with Crippen LogP contribution in [0.2, 0.25) is 0 Å². The molecule has 0 aliphatic heterocycles. The van der Waals surface area contributed by atoms with Crippen molar-refractivity contribution in [3.8, 4) is 11.5 Å². The van der Waals surface area contributed by atoms with Gasteiger partial charge in [0, 0.05) is 36.9 Å². The average Bonchev–Trinajstić information content (AvgIpc) is 2.71. The Morgan fingerprint density at radius 2 is 1.41 bits per heavy atom. The number of nitrogens with zero attached hydrogens (tertiary/aromatic N) is 1. The standard InChI is InChI=1S/C29H37NO4/c1-10-11-22-18-23(26(34-29(5,6)7)19-25(22)33-28(2,3)4)16-17-24(31)20-12-14-21(15-13-20)27(32)30(8)9/h10,12-19H,1,11H2,2-9H3. The summed E-state index contributed by atoms with van der Waals surface area (Å²) in [6, 6.07) is 10.5. The van der Waals surface area contributed by atoms with Crippen molar-refractivity contribution >= 4 is 17.8 Å². The number of benzene rings is 2. The van der Waals surface area contributed by atoms with Crippen molar-refractivity contribution in [2.45, 2.75) is 59.2 Å². The van der Waals surface area contributed by atoms with Crippen molar-refractivity contribution in [3.63, 3.8) is 0 Å². The largest absolute Gasteiger partial charge is 0.488 e. The third-order valence-electron chi connectivity index (χ3n) is 4.63. The summed E-state index contributed by atoms with van der Waals surface area (Å²) in [5.41, 5.74) is 1.98. The van der Waals surface area contributed by atoms with Crippen LogP contribution in [0.1, 0.15) is 73.4 Å². The number of allylic oxidation sites excluding steroid dienone is 2. The number of rotatable bonds is 8. The van der Waals surface area contributed by atoms with Gasteiger partial charge in [-0.25, -0.2) is 0 Å². The second-order valence-electron chi connectivity index (χ2n) is 10.4. The maximum absolute atomic E-state index is 12.8. The monoisotopic (exact) mass is 463 g/mol. The lowest BCUT2D eigenvalue weighted by Crippen LogP contribution is -2.25. The Labute approximate surface area is 204 Å². The summed E-state index contributed by atoms with van der Waals surface area (Å²) in [6.45, 7) is 15.8. The van der Waals surface area contributed by atoms with Gasteiger partial charge in [0.1, 0.15) is 22.7 Å². The summed E-state index contributed by atoms with van der Waals surface area (Å²) in [7, 11) is 3.39. The normalized spacial score (nSPS) is 11.9. The number of carbonyl (C=O) groups excluding carboxylic acids is 2. The van der Waals surface area contributed by atoms with Gasteiger partial charge in [-0.1, -0.05) is 18.2 Å². The molecule has 2 aromatic rings. The van der Waals surface area contributed by atoms with Crippen LogP contribution >= 0.6 is 0 Å². The molecule has 0 fully saturated rings. The van der Waals surface area contributed by atoms with Gasteiger partial charge in [-0.3, -0.25) is 9.59 Å². The molecule has 2 rings (SSSR count). The fraction of sp³-hybridized carbons (Fsp3) is 0.379. The molecule has 34 heavy (non-hydrogen) atoms. The Morgan fingerprint density at radius 1 is 0.882 bits per heavy atom. The fourth-order valence-corrected chi connectivity index (χ4v) is 3.21. The summed E-state index contributed by atoms with van der Waals surface area (Å²) in [4.78, 5) is 26.4. The molecule has 0 aliphatic rings. The van der Waals surface area contributed by atoms with E-state index in [-0.39, 0.29) is 17.3 Å². The molecule has 0 N–H and O–H groups in total. The predicted molar refractivity (Wildman–Crippen MR) is 139 cm³/mol. The van der Waals surface area contributed by atoms with Crippen molar-refractivity contribution in [1.82, 2.24) is 4.90 Å². The van der Waals surface area contributed by atoms with Crippen LogP contribution in [-0.2, 0) is 6.42 Å². The third-order valence-corrected chi connectivity index (χ3v) is 4.63. The van der Waals surface area contributed by atoms with Crippen molar-refractivity contribution in [1.29, 1.82) is 0 Å². The lowest BCUT2D eigenvalue weighted by atomic mass is 10.0. The topological polar surface area (TPSA) is 55.8 Å². The van der Waals surface area contributed by atoms with Crippen LogP contribution in [0.3, 0.4) is 0 Å².